The molecule has 0 N–H and O–H groups in total. The van der Waals surface area contributed by atoms with Crippen molar-refractivity contribution >= 4 is 31.6 Å². The van der Waals surface area contributed by atoms with Crippen molar-refractivity contribution in [3.8, 4) is 0 Å². The van der Waals surface area contributed by atoms with Crippen molar-refractivity contribution in [3.05, 3.63) is 89.5 Å². The molecule has 0 saturated heterocycles. The number of hydrogen-bond acceptors (Lipinski definition) is 0. The Bertz CT molecular complexity index is 818. The van der Waals surface area contributed by atoms with Gasteiger partial charge in [-0.05, 0) is 0 Å². The van der Waals surface area contributed by atoms with Gasteiger partial charge in [-0.2, -0.15) is 0 Å². The Morgan fingerprint density at radius 3 is 0.960 bits per heavy atom. The van der Waals surface area contributed by atoms with Crippen LogP contribution in [0, 0.1) is 34.9 Å². The monoisotopic (exact) mass is 548 g/mol. The van der Waals surface area contributed by atoms with Gasteiger partial charge in [0.15, 0.2) is 0 Å². The van der Waals surface area contributed by atoms with Crippen LogP contribution in [0.2, 0.25) is 0 Å². The Morgan fingerprint density at radius 1 is 0.440 bits per heavy atom. The Morgan fingerprint density at radius 2 is 0.720 bits per heavy atom. The topological polar surface area (TPSA) is 0 Å². The van der Waals surface area contributed by atoms with Crippen LogP contribution in [0.3, 0.4) is 0 Å². The molecule has 0 heterocycles. The van der Waals surface area contributed by atoms with Gasteiger partial charge in [-0.3, -0.25) is 0 Å². The van der Waals surface area contributed by atoms with Crippen LogP contribution >= 0.6 is 0 Å². The second kappa shape index (κ2) is 7.16. The van der Waals surface area contributed by atoms with E-state index in [1.54, 1.807) is 0 Å². The third-order valence-electron chi connectivity index (χ3n) is 3.45. The first-order valence-electron chi connectivity index (χ1n) is 7.02. The maximum absolute atomic E-state index is 14.3. The standard InChI is InChI=1S/3C6H3F2.Bi/c3*7-5-2-1-3-6(8)4-5;/h3*1-2,4H;. The molecule has 0 aliphatic rings. The van der Waals surface area contributed by atoms with Crippen LogP contribution in [0.1, 0.15) is 0 Å². The van der Waals surface area contributed by atoms with Crippen molar-refractivity contribution in [2.45, 2.75) is 0 Å². The van der Waals surface area contributed by atoms with Gasteiger partial charge in [0.25, 0.3) is 0 Å². The number of benzene rings is 3. The first-order chi connectivity index (χ1) is 11.9. The molecule has 7 heteroatoms. The molecule has 0 aliphatic carbocycles. The fraction of sp³-hybridized carbons (Fsp3) is 0. The van der Waals surface area contributed by atoms with Gasteiger partial charge in [-0.25, -0.2) is 0 Å². The van der Waals surface area contributed by atoms with Crippen LogP contribution in [0.5, 0.6) is 0 Å². The van der Waals surface area contributed by atoms with Crippen LogP contribution in [0.25, 0.3) is 0 Å². The van der Waals surface area contributed by atoms with Gasteiger partial charge in [0.2, 0.25) is 0 Å². The molecule has 3 aromatic carbocycles. The summed E-state index contributed by atoms with van der Waals surface area (Å²) in [5.41, 5.74) is 0. The van der Waals surface area contributed by atoms with E-state index in [0.717, 1.165) is 36.4 Å². The SMILES string of the molecule is Fc1cc[c]([Bi]([c]2ccc(F)cc2F)[c]2ccc(F)cc2F)c(F)c1. The third-order valence-corrected chi connectivity index (χ3v) is 13.3. The molecule has 0 amide bonds. The quantitative estimate of drug-likeness (QED) is 0.349. The second-order valence-electron chi connectivity index (χ2n) is 5.12. The minimum atomic E-state index is -3.94. The van der Waals surface area contributed by atoms with E-state index in [4.69, 9.17) is 0 Å². The molecular formula is C18H9BiF6. The summed E-state index contributed by atoms with van der Waals surface area (Å²) >= 11 is -3.94. The van der Waals surface area contributed by atoms with E-state index in [9.17, 15) is 26.3 Å². The van der Waals surface area contributed by atoms with Gasteiger partial charge >= 0.3 is 147 Å². The molecule has 25 heavy (non-hydrogen) atoms. The summed E-state index contributed by atoms with van der Waals surface area (Å²) in [6, 6.07) is 8.24. The van der Waals surface area contributed by atoms with Gasteiger partial charge in [0.1, 0.15) is 0 Å². The van der Waals surface area contributed by atoms with Crippen LogP contribution in [0.4, 0.5) is 26.3 Å². The molecule has 3 aromatic rings. The van der Waals surface area contributed by atoms with Gasteiger partial charge in [0, 0.05) is 0 Å². The molecule has 0 nitrogen and oxygen atoms in total. The predicted molar refractivity (Wildman–Crippen MR) is 83.7 cm³/mol. The number of hydrogen-bond donors (Lipinski definition) is 0. The molecule has 3 rings (SSSR count). The van der Waals surface area contributed by atoms with Crippen LogP contribution in [-0.4, -0.2) is 21.8 Å². The summed E-state index contributed by atoms with van der Waals surface area (Å²) in [5.74, 6) is -5.31. The summed E-state index contributed by atoms with van der Waals surface area (Å²) in [4.78, 5) is 0. The Labute approximate surface area is 147 Å². The number of rotatable bonds is 3. The Balaban J connectivity index is 2.27. The van der Waals surface area contributed by atoms with E-state index in [1.165, 1.54) is 0 Å². The van der Waals surface area contributed by atoms with Gasteiger partial charge in [-0.15, -0.1) is 0 Å². The zero-order valence-corrected chi connectivity index (χ0v) is 15.9. The normalized spacial score (nSPS) is 11.2. The molecule has 0 fully saturated rings. The van der Waals surface area contributed by atoms with E-state index in [-0.39, 0.29) is 9.81 Å². The van der Waals surface area contributed by atoms with E-state index in [2.05, 4.69) is 0 Å². The minimum absolute atomic E-state index is 0.0209. The first-order valence-corrected chi connectivity index (χ1v) is 12.2. The average molecular weight is 548 g/mol. The molecule has 0 unspecified atom stereocenters. The van der Waals surface area contributed by atoms with Crippen LogP contribution in [0.15, 0.2) is 54.6 Å². The van der Waals surface area contributed by atoms with Crippen molar-refractivity contribution in [2.75, 3.05) is 0 Å². The molecule has 128 valence electrons. The second-order valence-corrected chi connectivity index (χ2v) is 13.3. The van der Waals surface area contributed by atoms with Gasteiger partial charge in [-0.1, -0.05) is 0 Å². The van der Waals surface area contributed by atoms with Crippen LogP contribution in [-0.2, 0) is 0 Å². The zero-order valence-electron chi connectivity index (χ0n) is 12.4. The Kier molecular flexibility index (Phi) is 5.14. The van der Waals surface area contributed by atoms with Crippen molar-refractivity contribution in [3.63, 3.8) is 0 Å². The number of halogens is 6. The summed E-state index contributed by atoms with van der Waals surface area (Å²) in [6.07, 6.45) is 0. The van der Waals surface area contributed by atoms with Crippen molar-refractivity contribution in [1.82, 2.24) is 0 Å². The molecule has 0 bridgehead atoms. The van der Waals surface area contributed by atoms with E-state index < -0.39 is 56.7 Å². The van der Waals surface area contributed by atoms with Crippen molar-refractivity contribution in [2.24, 2.45) is 0 Å². The fourth-order valence-electron chi connectivity index (χ4n) is 2.38. The first kappa shape index (κ1) is 17.9. The van der Waals surface area contributed by atoms with Crippen LogP contribution < -0.4 is 9.81 Å². The zero-order chi connectivity index (χ0) is 18.1. The van der Waals surface area contributed by atoms with Crippen molar-refractivity contribution < 1.29 is 26.3 Å². The summed E-state index contributed by atoms with van der Waals surface area (Å²) in [5, 5.41) is 0. The molecule has 0 atom stereocenters. The van der Waals surface area contributed by atoms with E-state index >= 15 is 0 Å². The van der Waals surface area contributed by atoms with Crippen molar-refractivity contribution in [1.29, 1.82) is 0 Å². The van der Waals surface area contributed by atoms with E-state index in [0.29, 0.717) is 18.2 Å². The summed E-state index contributed by atoms with van der Waals surface area (Å²) < 4.78 is 82.5. The third kappa shape index (κ3) is 3.71. The van der Waals surface area contributed by atoms with Gasteiger partial charge < -0.3 is 0 Å². The molecule has 0 saturated carbocycles. The summed E-state index contributed by atoms with van der Waals surface area (Å²) in [7, 11) is 0. The molecule has 0 spiro atoms. The fourth-order valence-corrected chi connectivity index (χ4v) is 11.3. The average Bonchev–Trinajstić information content (AvgIpc) is 2.52. The summed E-state index contributed by atoms with van der Waals surface area (Å²) in [6.45, 7) is 0. The molecule has 0 radical (unpaired) electrons. The van der Waals surface area contributed by atoms with Gasteiger partial charge in [0.05, 0.1) is 0 Å². The molecule has 0 aromatic heterocycles. The predicted octanol–water partition coefficient (Wildman–Crippen LogP) is 3.04. The molecule has 0 aliphatic heterocycles. The maximum atomic E-state index is 14.3. The molecular weight excluding hydrogens is 539 g/mol. The van der Waals surface area contributed by atoms with E-state index in [1.807, 2.05) is 0 Å². The Hall–Kier alpha value is -1.88.